The third kappa shape index (κ3) is 6.57. The highest BCUT2D eigenvalue weighted by Crippen LogP contribution is 2.23. The number of benzene rings is 1. The van der Waals surface area contributed by atoms with Crippen molar-refractivity contribution in [3.8, 4) is 17.1 Å². The molecule has 0 bridgehead atoms. The largest absolute Gasteiger partial charge is 0.494 e. The molecule has 0 saturated heterocycles. The van der Waals surface area contributed by atoms with Crippen LogP contribution in [0, 0.1) is 5.92 Å². The Labute approximate surface area is 176 Å². The predicted octanol–water partition coefficient (Wildman–Crippen LogP) is 2.88. The van der Waals surface area contributed by atoms with E-state index in [9.17, 15) is 9.59 Å². The highest BCUT2D eigenvalue weighted by molar-refractivity contribution is 5.79. The number of aromatic nitrogens is 2. The molecule has 2 N–H and O–H groups in total. The fraction of sp³-hybridized carbons (Fsp3) is 0.545. The van der Waals surface area contributed by atoms with Crippen molar-refractivity contribution in [1.29, 1.82) is 0 Å². The van der Waals surface area contributed by atoms with E-state index in [1.54, 1.807) is 0 Å². The molecule has 1 heterocycles. The number of aryl methyl sites for hydroxylation is 1. The van der Waals surface area contributed by atoms with Crippen molar-refractivity contribution in [2.75, 3.05) is 19.7 Å². The topological polar surface area (TPSA) is 106 Å². The molecule has 0 unspecified atom stereocenters. The van der Waals surface area contributed by atoms with E-state index < -0.39 is 0 Å². The smallest absolute Gasteiger partial charge is 0.227 e. The van der Waals surface area contributed by atoms with Gasteiger partial charge in [-0.05, 0) is 44.0 Å². The first kappa shape index (κ1) is 21.8. The van der Waals surface area contributed by atoms with Gasteiger partial charge in [-0.3, -0.25) is 9.59 Å². The first-order valence-corrected chi connectivity index (χ1v) is 10.8. The lowest BCUT2D eigenvalue weighted by atomic mass is 9.89. The first-order chi connectivity index (χ1) is 14.7. The molecule has 8 heteroatoms. The Bertz CT molecular complexity index is 813. The average molecular weight is 415 g/mol. The van der Waals surface area contributed by atoms with Gasteiger partial charge < -0.3 is 19.9 Å². The number of hydrogen-bond donors (Lipinski definition) is 2. The summed E-state index contributed by atoms with van der Waals surface area (Å²) < 4.78 is 10.7. The molecule has 162 valence electrons. The van der Waals surface area contributed by atoms with Crippen molar-refractivity contribution in [1.82, 2.24) is 20.8 Å². The Morgan fingerprint density at radius 2 is 1.83 bits per heavy atom. The molecule has 0 aliphatic heterocycles. The lowest BCUT2D eigenvalue weighted by molar-refractivity contribution is -0.126. The van der Waals surface area contributed by atoms with Crippen LogP contribution in [0.5, 0.6) is 5.75 Å². The lowest BCUT2D eigenvalue weighted by Crippen LogP contribution is -2.38. The number of nitrogens with one attached hydrogen (secondary N) is 2. The second kappa shape index (κ2) is 11.3. The summed E-state index contributed by atoms with van der Waals surface area (Å²) in [5, 5.41) is 9.69. The molecule has 8 nitrogen and oxygen atoms in total. The summed E-state index contributed by atoms with van der Waals surface area (Å²) in [5.74, 6) is 1.82. The van der Waals surface area contributed by atoms with E-state index in [1.165, 1.54) is 6.42 Å². The minimum atomic E-state index is -0.109. The van der Waals surface area contributed by atoms with Crippen molar-refractivity contribution in [2.45, 2.75) is 51.9 Å². The van der Waals surface area contributed by atoms with E-state index in [2.05, 4.69) is 20.8 Å². The Kier molecular flexibility index (Phi) is 8.23. The summed E-state index contributed by atoms with van der Waals surface area (Å²) in [5.41, 5.74) is 0.826. The van der Waals surface area contributed by atoms with Crippen LogP contribution in [0.2, 0.25) is 0 Å². The molecule has 0 atom stereocenters. The molecule has 1 aliphatic rings. The van der Waals surface area contributed by atoms with Crippen LogP contribution in [0.15, 0.2) is 28.8 Å². The average Bonchev–Trinajstić information content (AvgIpc) is 3.25. The molecular weight excluding hydrogens is 384 g/mol. The highest BCUT2D eigenvalue weighted by Gasteiger charge is 2.20. The minimum Gasteiger partial charge on any atom is -0.494 e. The van der Waals surface area contributed by atoms with E-state index in [-0.39, 0.29) is 24.2 Å². The molecule has 0 radical (unpaired) electrons. The second-order valence-electron chi connectivity index (χ2n) is 7.45. The summed E-state index contributed by atoms with van der Waals surface area (Å²) in [4.78, 5) is 28.4. The molecule has 2 aromatic rings. The van der Waals surface area contributed by atoms with Crippen LogP contribution < -0.4 is 15.4 Å². The minimum absolute atomic E-state index is 0.108. The van der Waals surface area contributed by atoms with E-state index in [1.807, 2.05) is 31.2 Å². The van der Waals surface area contributed by atoms with Gasteiger partial charge in [-0.1, -0.05) is 24.4 Å². The van der Waals surface area contributed by atoms with Gasteiger partial charge >= 0.3 is 0 Å². The summed E-state index contributed by atoms with van der Waals surface area (Å²) in [6.45, 7) is 3.41. The van der Waals surface area contributed by atoms with Crippen LogP contribution in [0.25, 0.3) is 11.4 Å². The van der Waals surface area contributed by atoms with Crippen molar-refractivity contribution in [2.24, 2.45) is 5.92 Å². The molecule has 1 saturated carbocycles. The fourth-order valence-corrected chi connectivity index (χ4v) is 3.55. The Morgan fingerprint density at radius 1 is 1.10 bits per heavy atom. The van der Waals surface area contributed by atoms with E-state index >= 15 is 0 Å². The molecular formula is C22H30N4O4. The zero-order valence-corrected chi connectivity index (χ0v) is 17.5. The number of nitrogens with zero attached hydrogens (tertiary/aromatic N) is 2. The number of carbonyl (C=O) groups is 2. The van der Waals surface area contributed by atoms with Gasteiger partial charge in [0.2, 0.25) is 23.5 Å². The van der Waals surface area contributed by atoms with Gasteiger partial charge in [-0.25, -0.2) is 0 Å². The predicted molar refractivity (Wildman–Crippen MR) is 112 cm³/mol. The van der Waals surface area contributed by atoms with Crippen molar-refractivity contribution < 1.29 is 18.8 Å². The van der Waals surface area contributed by atoms with Crippen LogP contribution in [0.3, 0.4) is 0 Å². The molecule has 3 rings (SSSR count). The number of ether oxygens (including phenoxy) is 1. The maximum atomic E-state index is 12.1. The lowest BCUT2D eigenvalue weighted by Gasteiger charge is -2.20. The number of rotatable bonds is 10. The van der Waals surface area contributed by atoms with Crippen molar-refractivity contribution in [3.63, 3.8) is 0 Å². The molecule has 1 aromatic carbocycles. The van der Waals surface area contributed by atoms with Crippen molar-refractivity contribution >= 4 is 11.8 Å². The second-order valence-corrected chi connectivity index (χ2v) is 7.45. The summed E-state index contributed by atoms with van der Waals surface area (Å²) in [6.07, 6.45) is 6.05. The van der Waals surface area contributed by atoms with Crippen LogP contribution >= 0.6 is 0 Å². The zero-order chi connectivity index (χ0) is 21.2. The number of carbonyl (C=O) groups excluding carboxylic acids is 2. The number of hydrogen-bond acceptors (Lipinski definition) is 6. The summed E-state index contributed by atoms with van der Waals surface area (Å²) in [6, 6.07) is 7.45. The van der Waals surface area contributed by atoms with Crippen LogP contribution in [0.1, 0.15) is 51.3 Å². The molecule has 30 heavy (non-hydrogen) atoms. The van der Waals surface area contributed by atoms with Crippen LogP contribution in [-0.2, 0) is 16.0 Å². The highest BCUT2D eigenvalue weighted by atomic mass is 16.5. The van der Waals surface area contributed by atoms with Gasteiger partial charge in [0.1, 0.15) is 5.75 Å². The molecule has 1 aromatic heterocycles. The SMILES string of the molecule is CCOc1ccc(-c2noc(CCC(=O)NCCNC(=O)C3CCCCC3)n2)cc1. The summed E-state index contributed by atoms with van der Waals surface area (Å²) >= 11 is 0. The van der Waals surface area contributed by atoms with Crippen LogP contribution in [-0.4, -0.2) is 41.7 Å². The summed E-state index contributed by atoms with van der Waals surface area (Å²) in [7, 11) is 0. The van der Waals surface area contributed by atoms with Gasteiger partial charge in [-0.2, -0.15) is 4.98 Å². The van der Waals surface area contributed by atoms with Gasteiger partial charge in [0.15, 0.2) is 0 Å². The standard InChI is InChI=1S/C22H30N4O4/c1-2-29-18-10-8-16(9-11-18)21-25-20(30-26-21)13-12-19(27)23-14-15-24-22(28)17-6-4-3-5-7-17/h8-11,17H,2-7,12-15H2,1H3,(H,23,27)(H,24,28). The van der Waals surface area contributed by atoms with E-state index in [0.29, 0.717) is 37.8 Å². The van der Waals surface area contributed by atoms with E-state index in [4.69, 9.17) is 9.26 Å². The maximum Gasteiger partial charge on any atom is 0.227 e. The van der Waals surface area contributed by atoms with Gasteiger partial charge in [-0.15, -0.1) is 0 Å². The fourth-order valence-electron chi connectivity index (χ4n) is 3.55. The molecule has 2 amide bonds. The van der Waals surface area contributed by atoms with Gasteiger partial charge in [0.25, 0.3) is 0 Å². The Hall–Kier alpha value is -2.90. The quantitative estimate of drug-likeness (QED) is 0.579. The Morgan fingerprint density at radius 3 is 2.57 bits per heavy atom. The molecule has 1 fully saturated rings. The van der Waals surface area contributed by atoms with Gasteiger partial charge in [0.05, 0.1) is 6.61 Å². The first-order valence-electron chi connectivity index (χ1n) is 10.8. The monoisotopic (exact) mass is 414 g/mol. The number of amides is 2. The third-order valence-corrected chi connectivity index (χ3v) is 5.18. The van der Waals surface area contributed by atoms with Crippen LogP contribution in [0.4, 0.5) is 0 Å². The third-order valence-electron chi connectivity index (χ3n) is 5.18. The van der Waals surface area contributed by atoms with Gasteiger partial charge in [0, 0.05) is 37.4 Å². The van der Waals surface area contributed by atoms with Crippen molar-refractivity contribution in [3.05, 3.63) is 30.2 Å². The molecule has 1 aliphatic carbocycles. The zero-order valence-electron chi connectivity index (χ0n) is 17.5. The normalized spacial score (nSPS) is 14.3. The van der Waals surface area contributed by atoms with E-state index in [0.717, 1.165) is 37.0 Å². The molecule has 0 spiro atoms. The maximum absolute atomic E-state index is 12.1. The Balaban J connectivity index is 1.34.